The molecule has 2 unspecified atom stereocenters. The number of rotatable bonds is 3. The van der Waals surface area contributed by atoms with Gasteiger partial charge in [-0.2, -0.15) is 0 Å². The van der Waals surface area contributed by atoms with Crippen LogP contribution in [-0.2, 0) is 9.53 Å². The minimum Gasteiger partial charge on any atom is -0.481 e. The van der Waals surface area contributed by atoms with Crippen molar-refractivity contribution in [3.05, 3.63) is 0 Å². The van der Waals surface area contributed by atoms with Gasteiger partial charge in [0.25, 0.3) is 0 Å². The predicted octanol–water partition coefficient (Wildman–Crippen LogP) is 1.65. The Morgan fingerprint density at radius 2 is 1.86 bits per heavy atom. The summed E-state index contributed by atoms with van der Waals surface area (Å²) in [5.41, 5.74) is 0. The fourth-order valence-corrected chi connectivity index (χ4v) is 3.39. The summed E-state index contributed by atoms with van der Waals surface area (Å²) in [7, 11) is 1.71. The molecule has 21 heavy (non-hydrogen) atoms. The lowest BCUT2D eigenvalue weighted by molar-refractivity contribution is -0.143. The van der Waals surface area contributed by atoms with Crippen molar-refractivity contribution in [3.8, 4) is 0 Å². The fraction of sp³-hybridized carbons (Fsp3) is 0.867. The standard InChI is InChI=1S/C15H26N2O4/c1-11-9-13(14(18)19)5-8-17(11)15(20)16-6-3-12(4-7-16)10-21-2/h11-13H,3-10H2,1-2H3,(H,18,19). The molecule has 2 fully saturated rings. The van der Waals surface area contributed by atoms with Gasteiger partial charge in [-0.1, -0.05) is 0 Å². The molecule has 120 valence electrons. The van der Waals surface area contributed by atoms with Crippen LogP contribution >= 0.6 is 0 Å². The molecule has 2 rings (SSSR count). The van der Waals surface area contributed by atoms with Gasteiger partial charge >= 0.3 is 12.0 Å². The van der Waals surface area contributed by atoms with Crippen molar-refractivity contribution in [1.82, 2.24) is 9.80 Å². The van der Waals surface area contributed by atoms with Crippen LogP contribution in [0.15, 0.2) is 0 Å². The molecule has 0 bridgehead atoms. The SMILES string of the molecule is COCC1CCN(C(=O)N2CCC(C(=O)O)CC2C)CC1. The normalized spacial score (nSPS) is 27.7. The molecule has 0 aromatic heterocycles. The number of hydrogen-bond acceptors (Lipinski definition) is 3. The van der Waals surface area contributed by atoms with E-state index >= 15 is 0 Å². The first kappa shape index (κ1) is 16.1. The lowest BCUT2D eigenvalue weighted by atomic mass is 9.92. The topological polar surface area (TPSA) is 70.1 Å². The molecule has 1 N–H and O–H groups in total. The Bertz CT molecular complexity index is 380. The molecule has 6 heteroatoms. The number of carboxylic acid groups (broad SMARTS) is 1. The second kappa shape index (κ2) is 7.11. The smallest absolute Gasteiger partial charge is 0.320 e. The fourth-order valence-electron chi connectivity index (χ4n) is 3.39. The summed E-state index contributed by atoms with van der Waals surface area (Å²) < 4.78 is 5.18. The molecule has 0 aliphatic carbocycles. The summed E-state index contributed by atoms with van der Waals surface area (Å²) in [6.45, 7) is 4.82. The van der Waals surface area contributed by atoms with Gasteiger partial charge in [-0.05, 0) is 38.5 Å². The number of nitrogens with zero attached hydrogens (tertiary/aromatic N) is 2. The molecular weight excluding hydrogens is 272 g/mol. The summed E-state index contributed by atoms with van der Waals surface area (Å²) in [6.07, 6.45) is 3.09. The van der Waals surface area contributed by atoms with E-state index in [0.29, 0.717) is 25.3 Å². The van der Waals surface area contributed by atoms with E-state index in [-0.39, 0.29) is 18.0 Å². The minimum atomic E-state index is -0.741. The first-order chi connectivity index (χ1) is 10.0. The van der Waals surface area contributed by atoms with Crippen LogP contribution in [-0.4, -0.2) is 66.3 Å². The van der Waals surface area contributed by atoms with Crippen LogP contribution in [0.25, 0.3) is 0 Å². The van der Waals surface area contributed by atoms with Crippen LogP contribution in [0.4, 0.5) is 4.79 Å². The summed E-state index contributed by atoms with van der Waals surface area (Å²) in [5, 5.41) is 9.08. The number of carbonyl (C=O) groups is 2. The molecule has 2 aliphatic heterocycles. The number of piperidine rings is 2. The average Bonchev–Trinajstić information content (AvgIpc) is 2.47. The monoisotopic (exact) mass is 298 g/mol. The van der Waals surface area contributed by atoms with Crippen LogP contribution in [0.1, 0.15) is 32.6 Å². The Morgan fingerprint density at radius 1 is 1.19 bits per heavy atom. The van der Waals surface area contributed by atoms with E-state index in [1.165, 1.54) is 0 Å². The van der Waals surface area contributed by atoms with Gasteiger partial charge in [0.15, 0.2) is 0 Å². The number of likely N-dealkylation sites (tertiary alicyclic amines) is 2. The molecule has 6 nitrogen and oxygen atoms in total. The highest BCUT2D eigenvalue weighted by atomic mass is 16.5. The van der Waals surface area contributed by atoms with Crippen LogP contribution in [0, 0.1) is 11.8 Å². The highest BCUT2D eigenvalue weighted by molar-refractivity contribution is 5.76. The van der Waals surface area contributed by atoms with E-state index in [0.717, 1.165) is 32.5 Å². The predicted molar refractivity (Wildman–Crippen MR) is 78.1 cm³/mol. The Morgan fingerprint density at radius 3 is 2.38 bits per heavy atom. The molecular formula is C15H26N2O4. The van der Waals surface area contributed by atoms with E-state index in [9.17, 15) is 9.59 Å². The Hall–Kier alpha value is -1.30. The van der Waals surface area contributed by atoms with Crippen molar-refractivity contribution in [3.63, 3.8) is 0 Å². The maximum absolute atomic E-state index is 12.6. The van der Waals surface area contributed by atoms with Gasteiger partial charge in [-0.25, -0.2) is 4.79 Å². The van der Waals surface area contributed by atoms with Crippen molar-refractivity contribution in [2.24, 2.45) is 11.8 Å². The highest BCUT2D eigenvalue weighted by Gasteiger charge is 2.35. The minimum absolute atomic E-state index is 0.00375. The maximum Gasteiger partial charge on any atom is 0.320 e. The number of urea groups is 1. The number of hydrogen-bond donors (Lipinski definition) is 1. The second-order valence-electron chi connectivity index (χ2n) is 6.27. The van der Waals surface area contributed by atoms with Crippen LogP contribution in [0.2, 0.25) is 0 Å². The quantitative estimate of drug-likeness (QED) is 0.860. The van der Waals surface area contributed by atoms with Crippen molar-refractivity contribution >= 4 is 12.0 Å². The third-order valence-electron chi connectivity index (χ3n) is 4.76. The zero-order chi connectivity index (χ0) is 15.4. The van der Waals surface area contributed by atoms with E-state index in [1.54, 1.807) is 7.11 Å². The number of carboxylic acids is 1. The zero-order valence-electron chi connectivity index (χ0n) is 13.0. The van der Waals surface area contributed by atoms with E-state index in [2.05, 4.69) is 0 Å². The summed E-state index contributed by atoms with van der Waals surface area (Å²) in [4.78, 5) is 27.4. The molecule has 2 amide bonds. The Kier molecular flexibility index (Phi) is 5.45. The third kappa shape index (κ3) is 3.87. The molecule has 0 aromatic carbocycles. The van der Waals surface area contributed by atoms with Crippen molar-refractivity contribution in [1.29, 1.82) is 0 Å². The number of aliphatic carboxylic acids is 1. The maximum atomic E-state index is 12.6. The van der Waals surface area contributed by atoms with Gasteiger partial charge in [0, 0.05) is 39.4 Å². The molecule has 2 aliphatic rings. The molecule has 2 atom stereocenters. The van der Waals surface area contributed by atoms with Gasteiger partial charge < -0.3 is 19.6 Å². The third-order valence-corrected chi connectivity index (χ3v) is 4.76. The molecule has 2 saturated heterocycles. The second-order valence-corrected chi connectivity index (χ2v) is 6.27. The summed E-state index contributed by atoms with van der Waals surface area (Å²) in [6, 6.07) is 0.0752. The van der Waals surface area contributed by atoms with Crippen LogP contribution in [0.5, 0.6) is 0 Å². The molecule has 0 aromatic rings. The Labute approximate surface area is 126 Å². The molecule has 0 saturated carbocycles. The van der Waals surface area contributed by atoms with Crippen molar-refractivity contribution in [2.45, 2.75) is 38.6 Å². The first-order valence-corrected chi connectivity index (χ1v) is 7.80. The highest BCUT2D eigenvalue weighted by Crippen LogP contribution is 2.26. The number of ether oxygens (including phenoxy) is 1. The number of methoxy groups -OCH3 is 1. The lowest BCUT2D eigenvalue weighted by Gasteiger charge is -2.41. The van der Waals surface area contributed by atoms with Gasteiger partial charge in [0.2, 0.25) is 0 Å². The number of amides is 2. The largest absolute Gasteiger partial charge is 0.481 e. The van der Waals surface area contributed by atoms with Gasteiger partial charge in [0.05, 0.1) is 5.92 Å². The van der Waals surface area contributed by atoms with Gasteiger partial charge in [0.1, 0.15) is 0 Å². The number of carbonyl (C=O) groups excluding carboxylic acids is 1. The van der Waals surface area contributed by atoms with E-state index in [4.69, 9.17) is 9.84 Å². The Balaban J connectivity index is 1.85. The summed E-state index contributed by atoms with van der Waals surface area (Å²) in [5.74, 6) is -0.500. The van der Waals surface area contributed by atoms with E-state index < -0.39 is 5.97 Å². The molecule has 2 heterocycles. The van der Waals surface area contributed by atoms with Crippen molar-refractivity contribution < 1.29 is 19.4 Å². The summed E-state index contributed by atoms with van der Waals surface area (Å²) >= 11 is 0. The molecule has 0 spiro atoms. The zero-order valence-corrected chi connectivity index (χ0v) is 13.0. The van der Waals surface area contributed by atoms with E-state index in [1.807, 2.05) is 16.7 Å². The van der Waals surface area contributed by atoms with Crippen LogP contribution < -0.4 is 0 Å². The lowest BCUT2D eigenvalue weighted by Crippen LogP contribution is -2.53. The molecule has 0 radical (unpaired) electrons. The van der Waals surface area contributed by atoms with Gasteiger partial charge in [-0.15, -0.1) is 0 Å². The van der Waals surface area contributed by atoms with Crippen molar-refractivity contribution in [2.75, 3.05) is 33.4 Å². The first-order valence-electron chi connectivity index (χ1n) is 7.80. The average molecular weight is 298 g/mol. The van der Waals surface area contributed by atoms with Gasteiger partial charge in [-0.3, -0.25) is 4.79 Å². The van der Waals surface area contributed by atoms with Crippen LogP contribution in [0.3, 0.4) is 0 Å².